The highest BCUT2D eigenvalue weighted by Gasteiger charge is 2.45. The number of para-hydroxylation sites is 3. The zero-order valence-corrected chi connectivity index (χ0v) is 29.8. The van der Waals surface area contributed by atoms with Gasteiger partial charge < -0.3 is 4.42 Å². The van der Waals surface area contributed by atoms with Crippen molar-refractivity contribution < 1.29 is 4.42 Å². The molecule has 11 rings (SSSR count). The molecular weight excluding hydrogens is 671 g/mol. The van der Waals surface area contributed by atoms with Gasteiger partial charge in [0.2, 0.25) is 0 Å². The number of pyridine rings is 1. The topological polar surface area (TPSA) is 43.9 Å². The SMILES string of the molecule is c1ccc(-n2c(-c3cccc(-c4ccc5c(c4)C(c4ccccc4)(c4ccccc4)c4ccccc4-c4oc6cccnc6c4-5)c3)nc3ccccc32)cc1. The van der Waals surface area contributed by atoms with Crippen molar-refractivity contribution in [3.05, 3.63) is 223 Å². The summed E-state index contributed by atoms with van der Waals surface area (Å²) >= 11 is 0. The van der Waals surface area contributed by atoms with Crippen molar-refractivity contribution >= 4 is 22.1 Å². The molecule has 4 heteroatoms. The smallest absolute Gasteiger partial charge is 0.153 e. The van der Waals surface area contributed by atoms with Crippen molar-refractivity contribution in [3.8, 4) is 50.7 Å². The molecule has 0 N–H and O–H groups in total. The van der Waals surface area contributed by atoms with E-state index in [0.29, 0.717) is 0 Å². The maximum Gasteiger partial charge on any atom is 0.153 e. The minimum atomic E-state index is -0.688. The Labute approximate surface area is 318 Å². The quantitative estimate of drug-likeness (QED) is 0.179. The molecule has 0 saturated carbocycles. The maximum atomic E-state index is 6.80. The molecule has 55 heavy (non-hydrogen) atoms. The average Bonchev–Trinajstić information content (AvgIpc) is 3.82. The fourth-order valence-corrected chi connectivity index (χ4v) is 8.83. The highest BCUT2D eigenvalue weighted by atomic mass is 16.3. The van der Waals surface area contributed by atoms with Crippen LogP contribution in [-0.4, -0.2) is 14.5 Å². The number of furan rings is 1. The molecule has 0 amide bonds. The molecule has 0 saturated heterocycles. The van der Waals surface area contributed by atoms with E-state index in [2.05, 4.69) is 187 Å². The van der Waals surface area contributed by atoms with Gasteiger partial charge in [0.1, 0.15) is 17.1 Å². The minimum Gasteiger partial charge on any atom is -0.454 e. The lowest BCUT2D eigenvalue weighted by Crippen LogP contribution is -2.31. The molecule has 0 unspecified atom stereocenters. The Balaban J connectivity index is 1.21. The summed E-state index contributed by atoms with van der Waals surface area (Å²) in [4.78, 5) is 10.1. The van der Waals surface area contributed by atoms with Gasteiger partial charge in [-0.2, -0.15) is 0 Å². The van der Waals surface area contributed by atoms with Crippen molar-refractivity contribution in [1.82, 2.24) is 14.5 Å². The fourth-order valence-electron chi connectivity index (χ4n) is 8.83. The first kappa shape index (κ1) is 31.2. The Kier molecular flexibility index (Phi) is 7.04. The first-order chi connectivity index (χ1) is 27.3. The van der Waals surface area contributed by atoms with Crippen molar-refractivity contribution in [3.63, 3.8) is 0 Å². The normalized spacial score (nSPS) is 12.9. The van der Waals surface area contributed by atoms with Gasteiger partial charge in [0, 0.05) is 23.0 Å². The second-order valence-electron chi connectivity index (χ2n) is 14.1. The van der Waals surface area contributed by atoms with E-state index in [0.717, 1.165) is 78.3 Å². The molecule has 7 aromatic carbocycles. The molecule has 0 fully saturated rings. The average molecular weight is 704 g/mol. The fraction of sp³-hybridized carbons (Fsp3) is 0.0196. The van der Waals surface area contributed by atoms with Gasteiger partial charge >= 0.3 is 0 Å². The van der Waals surface area contributed by atoms with Gasteiger partial charge in [0.05, 0.1) is 22.0 Å². The van der Waals surface area contributed by atoms with Crippen LogP contribution < -0.4 is 0 Å². The molecule has 10 aromatic rings. The van der Waals surface area contributed by atoms with E-state index in [9.17, 15) is 0 Å². The van der Waals surface area contributed by atoms with E-state index in [1.807, 2.05) is 18.3 Å². The van der Waals surface area contributed by atoms with Crippen LogP contribution in [0.3, 0.4) is 0 Å². The third-order valence-corrected chi connectivity index (χ3v) is 11.2. The number of hydrogen-bond donors (Lipinski definition) is 0. The second kappa shape index (κ2) is 12.4. The summed E-state index contributed by atoms with van der Waals surface area (Å²) < 4.78 is 9.06. The second-order valence-corrected chi connectivity index (χ2v) is 14.1. The number of imidazole rings is 1. The minimum absolute atomic E-state index is 0.688. The van der Waals surface area contributed by atoms with Gasteiger partial charge in [-0.3, -0.25) is 9.55 Å². The molecular formula is C51H33N3O. The summed E-state index contributed by atoms with van der Waals surface area (Å²) in [5.41, 5.74) is 15.2. The van der Waals surface area contributed by atoms with Crippen LogP contribution in [0.25, 0.3) is 72.8 Å². The van der Waals surface area contributed by atoms with Crippen LogP contribution in [0.4, 0.5) is 0 Å². The molecule has 3 aromatic heterocycles. The van der Waals surface area contributed by atoms with E-state index in [4.69, 9.17) is 14.4 Å². The van der Waals surface area contributed by atoms with Crippen LogP contribution in [0.2, 0.25) is 0 Å². The highest BCUT2D eigenvalue weighted by Crippen LogP contribution is 2.57. The van der Waals surface area contributed by atoms with Gasteiger partial charge in [0.15, 0.2) is 5.58 Å². The number of hydrogen-bond acceptors (Lipinski definition) is 3. The van der Waals surface area contributed by atoms with Gasteiger partial charge in [-0.15, -0.1) is 0 Å². The van der Waals surface area contributed by atoms with Gasteiger partial charge in [-0.05, 0) is 87.5 Å². The molecule has 0 radical (unpaired) electrons. The maximum absolute atomic E-state index is 6.80. The number of nitrogens with zero attached hydrogens (tertiary/aromatic N) is 3. The van der Waals surface area contributed by atoms with Crippen molar-refractivity contribution in [1.29, 1.82) is 0 Å². The third kappa shape index (κ3) is 4.71. The lowest BCUT2D eigenvalue weighted by molar-refractivity contribution is 0.629. The summed E-state index contributed by atoms with van der Waals surface area (Å²) in [6.45, 7) is 0. The molecule has 258 valence electrons. The lowest BCUT2D eigenvalue weighted by Gasteiger charge is -2.38. The Morgan fingerprint density at radius 1 is 0.491 bits per heavy atom. The monoisotopic (exact) mass is 703 g/mol. The molecule has 1 aliphatic carbocycles. The molecule has 0 spiro atoms. The molecule has 3 heterocycles. The standard InChI is InChI=1S/C51H33N3O/c1-4-18-37(19-5-1)51(38-20-6-2-7-21-38)42-25-11-10-24-41(42)49-47(48-46(55-49)28-15-31-52-48)40-30-29-35(33-43(40)51)34-16-14-17-36(32-34)50-53-44-26-12-13-27-45(44)54(50)39-22-8-3-9-23-39/h1-33H. The molecule has 0 bridgehead atoms. The van der Waals surface area contributed by atoms with Crippen LogP contribution in [0, 0.1) is 0 Å². The van der Waals surface area contributed by atoms with Gasteiger partial charge in [0.25, 0.3) is 0 Å². The number of aromatic nitrogens is 3. The van der Waals surface area contributed by atoms with E-state index < -0.39 is 5.41 Å². The van der Waals surface area contributed by atoms with E-state index in [-0.39, 0.29) is 0 Å². The zero-order valence-electron chi connectivity index (χ0n) is 29.8. The summed E-state index contributed by atoms with van der Waals surface area (Å²) in [6, 6.07) is 69.1. The number of benzene rings is 7. The summed E-state index contributed by atoms with van der Waals surface area (Å²) in [6.07, 6.45) is 1.86. The lowest BCUT2D eigenvalue weighted by atomic mass is 9.63. The van der Waals surface area contributed by atoms with E-state index >= 15 is 0 Å². The van der Waals surface area contributed by atoms with Gasteiger partial charge in [-0.1, -0.05) is 146 Å². The number of rotatable bonds is 5. The molecule has 0 atom stereocenters. The zero-order chi connectivity index (χ0) is 36.3. The van der Waals surface area contributed by atoms with Crippen LogP contribution in [0.1, 0.15) is 22.3 Å². The summed E-state index contributed by atoms with van der Waals surface area (Å²) in [7, 11) is 0. The van der Waals surface area contributed by atoms with Crippen molar-refractivity contribution in [2.24, 2.45) is 0 Å². The Bertz CT molecular complexity index is 2990. The largest absolute Gasteiger partial charge is 0.454 e. The molecule has 0 aliphatic heterocycles. The Hall–Kier alpha value is -7.30. The third-order valence-electron chi connectivity index (χ3n) is 11.2. The van der Waals surface area contributed by atoms with Crippen LogP contribution in [-0.2, 0) is 5.41 Å². The highest BCUT2D eigenvalue weighted by molar-refractivity contribution is 6.03. The van der Waals surface area contributed by atoms with Crippen LogP contribution in [0.5, 0.6) is 0 Å². The Morgan fingerprint density at radius 2 is 1.16 bits per heavy atom. The summed E-state index contributed by atoms with van der Waals surface area (Å²) in [5, 5.41) is 0. The van der Waals surface area contributed by atoms with E-state index in [1.54, 1.807) is 0 Å². The van der Waals surface area contributed by atoms with E-state index in [1.165, 1.54) is 16.7 Å². The van der Waals surface area contributed by atoms with Gasteiger partial charge in [-0.25, -0.2) is 4.98 Å². The molecule has 1 aliphatic rings. The van der Waals surface area contributed by atoms with Crippen molar-refractivity contribution in [2.75, 3.05) is 0 Å². The van der Waals surface area contributed by atoms with Crippen molar-refractivity contribution in [2.45, 2.75) is 5.41 Å². The Morgan fingerprint density at radius 3 is 1.96 bits per heavy atom. The summed E-state index contributed by atoms with van der Waals surface area (Å²) in [5.74, 6) is 1.75. The van der Waals surface area contributed by atoms with Crippen LogP contribution in [0.15, 0.2) is 205 Å². The number of fused-ring (bicyclic) bond motifs is 8. The first-order valence-electron chi connectivity index (χ1n) is 18.7. The predicted molar refractivity (Wildman–Crippen MR) is 222 cm³/mol. The van der Waals surface area contributed by atoms with Crippen LogP contribution >= 0.6 is 0 Å². The first-order valence-corrected chi connectivity index (χ1v) is 18.7. The molecule has 4 nitrogen and oxygen atoms in total. The predicted octanol–water partition coefficient (Wildman–Crippen LogP) is 12.5.